The average Bonchev–Trinajstić information content (AvgIpc) is 3.30. The lowest BCUT2D eigenvalue weighted by Crippen LogP contribution is -2.55. The maximum Gasteiger partial charge on any atom is 0.243 e. The molecule has 6 N–H and O–H groups in total. The number of aldehydes is 1. The van der Waals surface area contributed by atoms with Crippen LogP contribution in [0.4, 0.5) is 0 Å². The summed E-state index contributed by atoms with van der Waals surface area (Å²) in [5, 5.41) is 1.96. The predicted molar refractivity (Wildman–Crippen MR) is 141 cm³/mol. The van der Waals surface area contributed by atoms with Gasteiger partial charge in [-0.2, -0.15) is 0 Å². The van der Waals surface area contributed by atoms with Gasteiger partial charge in [0.25, 0.3) is 0 Å². The molecule has 11 nitrogen and oxygen atoms in total. The maximum absolute atomic E-state index is 13.5. The van der Waals surface area contributed by atoms with Gasteiger partial charge in [0.2, 0.25) is 21.8 Å². The number of carbonyl (C=O) groups excluding carboxylic acids is 3. The SMILES string of the molecule is CC(C)S(=O)(=O)N[C@H](Cc1ccccc1)C(=O)N1CCC[C@H]1C(=O)N[C@H](C=O)CCCN=C(N)N.Cl. The zero-order valence-electron chi connectivity index (χ0n) is 20.6. The fourth-order valence-corrected chi connectivity index (χ4v) is 4.69. The molecule has 1 aliphatic heterocycles. The molecule has 202 valence electrons. The number of benzene rings is 1. The van der Waals surface area contributed by atoms with Crippen molar-refractivity contribution < 1.29 is 22.8 Å². The summed E-state index contributed by atoms with van der Waals surface area (Å²) in [7, 11) is -3.74. The van der Waals surface area contributed by atoms with Gasteiger partial charge in [-0.05, 0) is 51.5 Å². The number of nitrogens with zero attached hydrogens (tertiary/aromatic N) is 2. The van der Waals surface area contributed by atoms with Crippen LogP contribution in [0.25, 0.3) is 0 Å². The number of likely N-dealkylation sites (tertiary alicyclic amines) is 1. The van der Waals surface area contributed by atoms with Crippen molar-refractivity contribution in [3.8, 4) is 0 Å². The summed E-state index contributed by atoms with van der Waals surface area (Å²) in [6.07, 6.45) is 2.64. The minimum Gasteiger partial charge on any atom is -0.370 e. The molecule has 2 rings (SSSR count). The number of guanidine groups is 1. The third-order valence-corrected chi connectivity index (χ3v) is 7.66. The first kappa shape index (κ1) is 31.3. The van der Waals surface area contributed by atoms with Crippen LogP contribution in [0.2, 0.25) is 0 Å². The standard InChI is InChI=1S/C23H36N6O5S.ClH/c1-16(2)35(33,34)28-19(14-17-8-4-3-5-9-17)22(32)29-13-7-11-20(29)21(31)27-18(15-30)10-6-12-26-23(24)25;/h3-5,8-9,15-16,18-20,28H,6-7,10-14H2,1-2H3,(H,27,31)(H4,24,25,26);1H/t18-,19+,20-;/m0./s1. The molecule has 1 saturated heterocycles. The molecule has 1 fully saturated rings. The van der Waals surface area contributed by atoms with Crippen LogP contribution < -0.4 is 21.5 Å². The summed E-state index contributed by atoms with van der Waals surface area (Å²) in [6.45, 7) is 3.71. The minimum absolute atomic E-state index is 0. The van der Waals surface area contributed by atoms with Gasteiger partial charge in [-0.25, -0.2) is 13.1 Å². The second-order valence-electron chi connectivity index (χ2n) is 8.84. The van der Waals surface area contributed by atoms with Crippen LogP contribution in [0, 0.1) is 0 Å². The van der Waals surface area contributed by atoms with Crippen molar-refractivity contribution in [2.45, 2.75) is 69.3 Å². The lowest BCUT2D eigenvalue weighted by Gasteiger charge is -2.29. The molecule has 13 heteroatoms. The van der Waals surface area contributed by atoms with Gasteiger partial charge in [-0.15, -0.1) is 12.4 Å². The molecular weight excluding hydrogens is 508 g/mol. The van der Waals surface area contributed by atoms with E-state index < -0.39 is 45.2 Å². The highest BCUT2D eigenvalue weighted by molar-refractivity contribution is 7.90. The van der Waals surface area contributed by atoms with Crippen LogP contribution in [0.15, 0.2) is 35.3 Å². The molecule has 0 aromatic heterocycles. The van der Waals surface area contributed by atoms with E-state index in [0.717, 1.165) is 5.56 Å². The van der Waals surface area contributed by atoms with Crippen LogP contribution in [0.5, 0.6) is 0 Å². The van der Waals surface area contributed by atoms with Gasteiger partial charge in [0.1, 0.15) is 18.4 Å². The van der Waals surface area contributed by atoms with E-state index >= 15 is 0 Å². The fourth-order valence-electron chi connectivity index (χ4n) is 3.84. The quantitative estimate of drug-likeness (QED) is 0.117. The van der Waals surface area contributed by atoms with E-state index in [0.29, 0.717) is 45.1 Å². The second-order valence-corrected chi connectivity index (χ2v) is 11.1. The summed E-state index contributed by atoms with van der Waals surface area (Å²) < 4.78 is 27.7. The monoisotopic (exact) mass is 544 g/mol. The molecule has 0 aliphatic carbocycles. The van der Waals surface area contributed by atoms with Crippen molar-refractivity contribution in [2.24, 2.45) is 16.5 Å². The lowest BCUT2D eigenvalue weighted by molar-refractivity contribution is -0.140. The summed E-state index contributed by atoms with van der Waals surface area (Å²) in [6, 6.07) is 6.50. The van der Waals surface area contributed by atoms with Gasteiger partial charge in [0.05, 0.1) is 11.3 Å². The molecule has 0 unspecified atom stereocenters. The number of hydrogen-bond donors (Lipinski definition) is 4. The molecule has 2 amide bonds. The summed E-state index contributed by atoms with van der Waals surface area (Å²) in [5.41, 5.74) is 11.4. The van der Waals surface area contributed by atoms with E-state index in [1.807, 2.05) is 30.3 Å². The number of aliphatic imine (C=N–C) groups is 1. The van der Waals surface area contributed by atoms with E-state index in [-0.39, 0.29) is 24.8 Å². The van der Waals surface area contributed by atoms with Gasteiger partial charge in [0.15, 0.2) is 5.96 Å². The lowest BCUT2D eigenvalue weighted by atomic mass is 10.0. The van der Waals surface area contributed by atoms with Crippen LogP contribution >= 0.6 is 12.4 Å². The molecule has 0 spiro atoms. The van der Waals surface area contributed by atoms with Crippen LogP contribution in [0.3, 0.4) is 0 Å². The van der Waals surface area contributed by atoms with E-state index in [9.17, 15) is 22.8 Å². The van der Waals surface area contributed by atoms with Crippen molar-refractivity contribution in [3.05, 3.63) is 35.9 Å². The molecule has 1 aromatic carbocycles. The number of hydrogen-bond acceptors (Lipinski definition) is 6. The van der Waals surface area contributed by atoms with Gasteiger partial charge in [-0.3, -0.25) is 14.6 Å². The molecule has 0 saturated carbocycles. The van der Waals surface area contributed by atoms with Crippen LogP contribution in [-0.2, 0) is 30.8 Å². The second kappa shape index (κ2) is 14.8. The summed E-state index contributed by atoms with van der Waals surface area (Å²) in [5.74, 6) is -0.957. The number of carbonyl (C=O) groups is 3. The van der Waals surface area contributed by atoms with E-state index in [1.165, 1.54) is 18.7 Å². The van der Waals surface area contributed by atoms with Crippen molar-refractivity contribution >= 4 is 46.5 Å². The van der Waals surface area contributed by atoms with Gasteiger partial charge in [0, 0.05) is 13.1 Å². The van der Waals surface area contributed by atoms with Gasteiger partial charge >= 0.3 is 0 Å². The minimum atomic E-state index is -3.74. The Balaban J connectivity index is 0.00000648. The Morgan fingerprint density at radius 1 is 1.22 bits per heavy atom. The highest BCUT2D eigenvalue weighted by Gasteiger charge is 2.39. The van der Waals surface area contributed by atoms with Crippen molar-refractivity contribution in [1.29, 1.82) is 0 Å². The number of amides is 2. The third-order valence-electron chi connectivity index (χ3n) is 5.81. The Morgan fingerprint density at radius 3 is 2.47 bits per heavy atom. The summed E-state index contributed by atoms with van der Waals surface area (Å²) in [4.78, 5) is 43.2. The normalized spacial score (nSPS) is 17.1. The Labute approximate surface area is 218 Å². The van der Waals surface area contributed by atoms with Crippen molar-refractivity contribution in [1.82, 2.24) is 14.9 Å². The highest BCUT2D eigenvalue weighted by atomic mass is 35.5. The number of rotatable bonds is 13. The molecule has 0 radical (unpaired) electrons. The van der Waals surface area contributed by atoms with Crippen LogP contribution in [-0.4, -0.2) is 73.8 Å². The van der Waals surface area contributed by atoms with E-state index in [2.05, 4.69) is 15.0 Å². The van der Waals surface area contributed by atoms with Crippen LogP contribution in [0.1, 0.15) is 45.1 Å². The van der Waals surface area contributed by atoms with Gasteiger partial charge in [-0.1, -0.05) is 30.3 Å². The predicted octanol–water partition coefficient (Wildman–Crippen LogP) is 0.0756. The van der Waals surface area contributed by atoms with E-state index in [1.54, 1.807) is 0 Å². The molecular formula is C23H37ClN6O5S. The molecule has 36 heavy (non-hydrogen) atoms. The molecule has 1 heterocycles. The zero-order chi connectivity index (χ0) is 26.0. The largest absolute Gasteiger partial charge is 0.370 e. The highest BCUT2D eigenvalue weighted by Crippen LogP contribution is 2.21. The topological polar surface area (TPSA) is 177 Å². The fraction of sp³-hybridized carbons (Fsp3) is 0.565. The zero-order valence-corrected chi connectivity index (χ0v) is 22.3. The van der Waals surface area contributed by atoms with Gasteiger partial charge < -0.3 is 26.5 Å². The third kappa shape index (κ3) is 9.40. The Morgan fingerprint density at radius 2 is 1.89 bits per heavy atom. The Hall–Kier alpha value is -2.70. The Kier molecular flexibility index (Phi) is 12.8. The molecule has 1 aliphatic rings. The molecule has 0 bridgehead atoms. The Bertz CT molecular complexity index is 1000. The maximum atomic E-state index is 13.5. The average molecular weight is 545 g/mol. The first-order valence-electron chi connectivity index (χ1n) is 11.7. The number of nitrogens with two attached hydrogens (primary N) is 2. The first-order valence-corrected chi connectivity index (χ1v) is 13.3. The number of halogens is 1. The molecule has 3 atom stereocenters. The number of sulfonamides is 1. The molecule has 1 aromatic rings. The number of nitrogens with one attached hydrogen (secondary N) is 2. The van der Waals surface area contributed by atoms with Crippen molar-refractivity contribution in [3.63, 3.8) is 0 Å². The van der Waals surface area contributed by atoms with Crippen molar-refractivity contribution in [2.75, 3.05) is 13.1 Å². The first-order chi connectivity index (χ1) is 16.5. The summed E-state index contributed by atoms with van der Waals surface area (Å²) >= 11 is 0. The smallest absolute Gasteiger partial charge is 0.243 e. The van der Waals surface area contributed by atoms with E-state index in [4.69, 9.17) is 11.5 Å².